The largest absolute Gasteiger partial charge is 0.363 e. The maximum Gasteiger partial charge on any atom is 0.263 e. The molecule has 2 heterocycles. The zero-order valence-corrected chi connectivity index (χ0v) is 11.9. The van der Waals surface area contributed by atoms with E-state index in [-0.39, 0.29) is 5.54 Å². The van der Waals surface area contributed by atoms with Crippen LogP contribution in [0, 0.1) is 12.8 Å². The average molecular weight is 263 g/mol. The molecule has 0 spiro atoms. The van der Waals surface area contributed by atoms with Crippen molar-refractivity contribution in [2.75, 3.05) is 11.9 Å². The Kier molecular flexibility index (Phi) is 3.71. The quantitative estimate of drug-likeness (QED) is 0.858. The Morgan fingerprint density at radius 3 is 2.79 bits per heavy atom. The second kappa shape index (κ2) is 5.13. The summed E-state index contributed by atoms with van der Waals surface area (Å²) in [6.07, 6.45) is 2.43. The van der Waals surface area contributed by atoms with Crippen LogP contribution in [0.25, 0.3) is 11.1 Å². The van der Waals surface area contributed by atoms with Gasteiger partial charge in [0.1, 0.15) is 17.5 Å². The van der Waals surface area contributed by atoms with E-state index < -0.39 is 0 Å². The predicted molar refractivity (Wildman–Crippen MR) is 74.9 cm³/mol. The summed E-state index contributed by atoms with van der Waals surface area (Å²) in [6.45, 7) is 8.86. The van der Waals surface area contributed by atoms with Crippen LogP contribution in [0.3, 0.4) is 0 Å². The number of nitrogens with one attached hydrogen (secondary N) is 1. The van der Waals surface area contributed by atoms with Crippen molar-refractivity contribution in [1.82, 2.24) is 15.1 Å². The number of aryl methyl sites for hydroxylation is 1. The van der Waals surface area contributed by atoms with Crippen molar-refractivity contribution in [3.8, 4) is 0 Å². The van der Waals surface area contributed by atoms with Crippen molar-refractivity contribution < 1.29 is 4.52 Å². The number of aromatic nitrogens is 3. The molecule has 3 N–H and O–H groups in total. The summed E-state index contributed by atoms with van der Waals surface area (Å²) < 4.78 is 5.15. The van der Waals surface area contributed by atoms with Gasteiger partial charge < -0.3 is 15.6 Å². The van der Waals surface area contributed by atoms with E-state index in [4.69, 9.17) is 10.3 Å². The first-order valence-corrected chi connectivity index (χ1v) is 6.50. The highest BCUT2D eigenvalue weighted by molar-refractivity contribution is 5.87. The maximum atomic E-state index is 5.92. The zero-order valence-electron chi connectivity index (χ0n) is 11.9. The van der Waals surface area contributed by atoms with Crippen molar-refractivity contribution >= 4 is 16.9 Å². The van der Waals surface area contributed by atoms with Gasteiger partial charge in [0.05, 0.1) is 5.69 Å². The van der Waals surface area contributed by atoms with E-state index in [0.717, 1.165) is 23.3 Å². The Bertz CT molecular complexity index is 565. The first kappa shape index (κ1) is 13.7. The van der Waals surface area contributed by atoms with Gasteiger partial charge >= 0.3 is 0 Å². The topological polar surface area (TPSA) is 89.9 Å². The molecule has 0 aliphatic carbocycles. The van der Waals surface area contributed by atoms with Crippen LogP contribution in [0.15, 0.2) is 10.9 Å². The molecule has 0 amide bonds. The number of hydrogen-bond donors (Lipinski definition) is 2. The molecular formula is C13H21N5O. The van der Waals surface area contributed by atoms with Gasteiger partial charge in [-0.05, 0) is 26.2 Å². The molecule has 0 radical (unpaired) electrons. The Morgan fingerprint density at radius 2 is 2.16 bits per heavy atom. The molecule has 0 bridgehead atoms. The van der Waals surface area contributed by atoms with E-state index >= 15 is 0 Å². The number of anilines is 1. The number of rotatable bonds is 5. The Labute approximate surface area is 112 Å². The Hall–Kier alpha value is -1.69. The molecule has 0 aliphatic heterocycles. The molecule has 2 aromatic rings. The van der Waals surface area contributed by atoms with Gasteiger partial charge in [0.25, 0.3) is 5.71 Å². The number of nitrogens with two attached hydrogens (primary N) is 1. The normalized spacial score (nSPS) is 14.8. The molecule has 0 saturated carbocycles. The van der Waals surface area contributed by atoms with Crippen LogP contribution < -0.4 is 11.1 Å². The molecular weight excluding hydrogens is 242 g/mol. The van der Waals surface area contributed by atoms with Crippen LogP contribution in [0.2, 0.25) is 0 Å². The highest BCUT2D eigenvalue weighted by atomic mass is 16.5. The van der Waals surface area contributed by atoms with Gasteiger partial charge in [-0.15, -0.1) is 0 Å². The SMILES string of the molecule is Cc1noc2ncnc(NC(C)(CN)CC(C)C)c12. The average Bonchev–Trinajstić information content (AvgIpc) is 2.71. The molecule has 1 unspecified atom stereocenters. The fourth-order valence-electron chi connectivity index (χ4n) is 2.39. The first-order valence-electron chi connectivity index (χ1n) is 6.50. The molecule has 0 aliphatic rings. The molecule has 2 aromatic heterocycles. The summed E-state index contributed by atoms with van der Waals surface area (Å²) in [6, 6.07) is 0. The molecule has 1 atom stereocenters. The van der Waals surface area contributed by atoms with Crippen LogP contribution in [-0.4, -0.2) is 27.2 Å². The summed E-state index contributed by atoms with van der Waals surface area (Å²) in [4.78, 5) is 8.37. The van der Waals surface area contributed by atoms with Crippen LogP contribution in [0.1, 0.15) is 32.9 Å². The lowest BCUT2D eigenvalue weighted by molar-refractivity contribution is 0.406. The van der Waals surface area contributed by atoms with E-state index in [9.17, 15) is 0 Å². The van der Waals surface area contributed by atoms with Crippen LogP contribution in [-0.2, 0) is 0 Å². The highest BCUT2D eigenvalue weighted by Crippen LogP contribution is 2.27. The second-order valence-corrected chi connectivity index (χ2v) is 5.66. The number of nitrogens with zero attached hydrogens (tertiary/aromatic N) is 3. The van der Waals surface area contributed by atoms with Crippen molar-refractivity contribution in [1.29, 1.82) is 0 Å². The van der Waals surface area contributed by atoms with Gasteiger partial charge in [0.2, 0.25) is 0 Å². The van der Waals surface area contributed by atoms with E-state index in [0.29, 0.717) is 18.2 Å². The van der Waals surface area contributed by atoms with Crippen LogP contribution in [0.5, 0.6) is 0 Å². The lowest BCUT2D eigenvalue weighted by Crippen LogP contribution is -2.44. The standard InChI is InChI=1S/C13H21N5O/c1-8(2)5-13(4,6-14)17-11-10-9(3)18-19-12(10)16-7-15-11/h7-8H,5-6,14H2,1-4H3,(H,15,16,17). The van der Waals surface area contributed by atoms with E-state index in [1.54, 1.807) is 0 Å². The van der Waals surface area contributed by atoms with E-state index in [1.807, 2.05) is 6.92 Å². The minimum atomic E-state index is -0.209. The van der Waals surface area contributed by atoms with Crippen LogP contribution >= 0.6 is 0 Å². The van der Waals surface area contributed by atoms with Gasteiger partial charge in [-0.2, -0.15) is 4.98 Å². The van der Waals surface area contributed by atoms with Crippen molar-refractivity contribution in [2.45, 2.75) is 39.7 Å². The maximum absolute atomic E-state index is 5.92. The molecule has 104 valence electrons. The van der Waals surface area contributed by atoms with Crippen molar-refractivity contribution in [3.05, 3.63) is 12.0 Å². The molecule has 19 heavy (non-hydrogen) atoms. The lowest BCUT2D eigenvalue weighted by atomic mass is 9.90. The summed E-state index contributed by atoms with van der Waals surface area (Å²) in [7, 11) is 0. The summed E-state index contributed by atoms with van der Waals surface area (Å²) in [5.74, 6) is 1.28. The van der Waals surface area contributed by atoms with E-state index in [1.165, 1.54) is 6.33 Å². The minimum Gasteiger partial charge on any atom is -0.363 e. The van der Waals surface area contributed by atoms with Gasteiger partial charge in [0, 0.05) is 12.1 Å². The van der Waals surface area contributed by atoms with Crippen molar-refractivity contribution in [2.24, 2.45) is 11.7 Å². The monoisotopic (exact) mass is 263 g/mol. The van der Waals surface area contributed by atoms with Gasteiger partial charge in [-0.3, -0.25) is 0 Å². The van der Waals surface area contributed by atoms with Gasteiger partial charge in [-0.1, -0.05) is 19.0 Å². The molecule has 2 rings (SSSR count). The highest BCUT2D eigenvalue weighted by Gasteiger charge is 2.26. The van der Waals surface area contributed by atoms with E-state index in [2.05, 4.69) is 41.2 Å². The fraction of sp³-hybridized carbons (Fsp3) is 0.615. The third-order valence-corrected chi connectivity index (χ3v) is 3.17. The summed E-state index contributed by atoms with van der Waals surface area (Å²) >= 11 is 0. The smallest absolute Gasteiger partial charge is 0.263 e. The zero-order chi connectivity index (χ0) is 14.0. The lowest BCUT2D eigenvalue weighted by Gasteiger charge is -2.31. The summed E-state index contributed by atoms with van der Waals surface area (Å²) in [5, 5.41) is 8.18. The molecule has 6 nitrogen and oxygen atoms in total. The van der Waals surface area contributed by atoms with Gasteiger partial charge in [-0.25, -0.2) is 4.98 Å². The molecule has 0 fully saturated rings. The molecule has 6 heteroatoms. The first-order chi connectivity index (χ1) is 8.95. The summed E-state index contributed by atoms with van der Waals surface area (Å²) in [5.41, 5.74) is 6.99. The predicted octanol–water partition coefficient (Wildman–Crippen LogP) is 2.10. The third kappa shape index (κ3) is 2.84. The van der Waals surface area contributed by atoms with Gasteiger partial charge in [0.15, 0.2) is 0 Å². The second-order valence-electron chi connectivity index (χ2n) is 5.66. The minimum absolute atomic E-state index is 0.209. The molecule has 0 saturated heterocycles. The Morgan fingerprint density at radius 1 is 1.42 bits per heavy atom. The third-order valence-electron chi connectivity index (χ3n) is 3.17. The Balaban J connectivity index is 2.36. The van der Waals surface area contributed by atoms with Crippen molar-refractivity contribution in [3.63, 3.8) is 0 Å². The molecule has 0 aromatic carbocycles. The number of fused-ring (bicyclic) bond motifs is 1. The fourth-order valence-corrected chi connectivity index (χ4v) is 2.39. The number of hydrogen-bond acceptors (Lipinski definition) is 6. The van der Waals surface area contributed by atoms with Crippen LogP contribution in [0.4, 0.5) is 5.82 Å².